The molecular weight excluding hydrogens is 307 g/mol. The molecule has 2 rings (SSSR count). The van der Waals surface area contributed by atoms with E-state index in [1.807, 2.05) is 44.2 Å². The number of hydrogen-bond donors (Lipinski definition) is 3. The summed E-state index contributed by atoms with van der Waals surface area (Å²) in [7, 11) is 0. The van der Waals surface area contributed by atoms with Gasteiger partial charge in [0.05, 0.1) is 6.61 Å². The fourth-order valence-corrected chi connectivity index (χ4v) is 2.43. The number of carbonyl (C=O) groups excluding carboxylic acids is 1. The molecule has 128 valence electrons. The molecular formula is C19H23FN2O2. The van der Waals surface area contributed by atoms with Crippen LogP contribution in [-0.4, -0.2) is 17.7 Å². The minimum absolute atomic E-state index is 0.0634. The Balaban J connectivity index is 1.88. The van der Waals surface area contributed by atoms with E-state index in [2.05, 4.69) is 10.6 Å². The van der Waals surface area contributed by atoms with Crippen LogP contribution in [0.5, 0.6) is 0 Å². The van der Waals surface area contributed by atoms with E-state index in [4.69, 9.17) is 0 Å². The van der Waals surface area contributed by atoms with E-state index in [0.717, 1.165) is 16.7 Å². The van der Waals surface area contributed by atoms with Crippen molar-refractivity contribution in [2.24, 2.45) is 0 Å². The summed E-state index contributed by atoms with van der Waals surface area (Å²) in [6.45, 7) is 4.55. The molecule has 24 heavy (non-hydrogen) atoms. The Labute approximate surface area is 141 Å². The van der Waals surface area contributed by atoms with Crippen LogP contribution in [0.4, 0.5) is 9.18 Å². The van der Waals surface area contributed by atoms with Crippen molar-refractivity contribution in [2.45, 2.75) is 32.4 Å². The third-order valence-electron chi connectivity index (χ3n) is 4.03. The summed E-state index contributed by atoms with van der Waals surface area (Å²) in [6.07, 6.45) is 0. The van der Waals surface area contributed by atoms with Crippen LogP contribution in [0.25, 0.3) is 0 Å². The second-order valence-electron chi connectivity index (χ2n) is 6.36. The molecule has 0 aliphatic rings. The normalized spacial score (nSPS) is 11.2. The lowest BCUT2D eigenvalue weighted by atomic mass is 9.84. The number of hydrogen-bond acceptors (Lipinski definition) is 2. The van der Waals surface area contributed by atoms with Crippen LogP contribution in [-0.2, 0) is 18.6 Å². The summed E-state index contributed by atoms with van der Waals surface area (Å²) in [5.41, 5.74) is 2.11. The van der Waals surface area contributed by atoms with Gasteiger partial charge in [-0.15, -0.1) is 0 Å². The molecule has 0 saturated heterocycles. The Morgan fingerprint density at radius 3 is 2.46 bits per heavy atom. The second-order valence-corrected chi connectivity index (χ2v) is 6.36. The standard InChI is InChI=1S/C19H23FN2O2/c1-19(2,16-8-5-9-17(20)10-16)13-22-18(24)21-11-14-6-3-4-7-15(14)12-23/h3-10,23H,11-13H2,1-2H3,(H2,21,22,24). The summed E-state index contributed by atoms with van der Waals surface area (Å²) in [6, 6.07) is 13.5. The molecule has 5 heteroatoms. The summed E-state index contributed by atoms with van der Waals surface area (Å²) in [5, 5.41) is 14.9. The average molecular weight is 330 g/mol. The van der Waals surface area contributed by atoms with Crippen LogP contribution in [0.3, 0.4) is 0 Å². The van der Waals surface area contributed by atoms with Crippen molar-refractivity contribution in [3.63, 3.8) is 0 Å². The third-order valence-corrected chi connectivity index (χ3v) is 4.03. The number of carbonyl (C=O) groups is 1. The maximum absolute atomic E-state index is 13.4. The van der Waals surface area contributed by atoms with Gasteiger partial charge in [0.1, 0.15) is 5.82 Å². The van der Waals surface area contributed by atoms with Crippen LogP contribution >= 0.6 is 0 Å². The Kier molecular flexibility index (Phi) is 5.93. The Morgan fingerprint density at radius 2 is 1.79 bits per heavy atom. The van der Waals surface area contributed by atoms with E-state index in [9.17, 15) is 14.3 Å². The minimum atomic E-state index is -0.386. The van der Waals surface area contributed by atoms with Crippen molar-refractivity contribution in [3.8, 4) is 0 Å². The topological polar surface area (TPSA) is 61.4 Å². The number of rotatable bonds is 6. The first-order chi connectivity index (χ1) is 11.4. The van der Waals surface area contributed by atoms with E-state index in [1.165, 1.54) is 12.1 Å². The molecule has 2 aromatic carbocycles. The van der Waals surface area contributed by atoms with Gasteiger partial charge >= 0.3 is 6.03 Å². The SMILES string of the molecule is CC(C)(CNC(=O)NCc1ccccc1CO)c1cccc(F)c1. The molecule has 0 saturated carbocycles. The number of halogens is 1. The lowest BCUT2D eigenvalue weighted by molar-refractivity contribution is 0.237. The summed E-state index contributed by atoms with van der Waals surface area (Å²) < 4.78 is 13.4. The van der Waals surface area contributed by atoms with Crippen LogP contribution in [0, 0.1) is 5.82 Å². The molecule has 0 atom stereocenters. The first kappa shape index (κ1) is 17.9. The van der Waals surface area contributed by atoms with Crippen LogP contribution in [0.15, 0.2) is 48.5 Å². The predicted molar refractivity (Wildman–Crippen MR) is 92.0 cm³/mol. The number of amides is 2. The molecule has 0 aromatic heterocycles. The number of benzene rings is 2. The molecule has 0 fully saturated rings. The lowest BCUT2D eigenvalue weighted by Gasteiger charge is -2.25. The molecule has 0 heterocycles. The number of aliphatic hydroxyl groups excluding tert-OH is 1. The van der Waals surface area contributed by atoms with E-state index in [-0.39, 0.29) is 23.9 Å². The summed E-state index contributed by atoms with van der Waals surface area (Å²) in [4.78, 5) is 12.0. The van der Waals surface area contributed by atoms with E-state index in [1.54, 1.807) is 6.07 Å². The Morgan fingerprint density at radius 1 is 1.08 bits per heavy atom. The highest BCUT2D eigenvalue weighted by Crippen LogP contribution is 2.22. The molecule has 2 amide bonds. The molecule has 3 N–H and O–H groups in total. The van der Waals surface area contributed by atoms with Gasteiger partial charge in [0, 0.05) is 18.5 Å². The molecule has 0 aliphatic heterocycles. The zero-order chi connectivity index (χ0) is 17.6. The van der Waals surface area contributed by atoms with Gasteiger partial charge in [-0.2, -0.15) is 0 Å². The molecule has 0 aliphatic carbocycles. The maximum atomic E-state index is 13.4. The maximum Gasteiger partial charge on any atom is 0.315 e. The van der Waals surface area contributed by atoms with Crippen LogP contribution in [0.1, 0.15) is 30.5 Å². The monoisotopic (exact) mass is 330 g/mol. The predicted octanol–water partition coefficient (Wildman–Crippen LogP) is 3.10. The highest BCUT2D eigenvalue weighted by atomic mass is 19.1. The average Bonchev–Trinajstić information content (AvgIpc) is 2.58. The van der Waals surface area contributed by atoms with Crippen molar-refractivity contribution < 1.29 is 14.3 Å². The number of urea groups is 1. The van der Waals surface area contributed by atoms with Crippen molar-refractivity contribution in [2.75, 3.05) is 6.54 Å². The number of nitrogens with one attached hydrogen (secondary N) is 2. The zero-order valence-electron chi connectivity index (χ0n) is 14.0. The molecule has 0 radical (unpaired) electrons. The minimum Gasteiger partial charge on any atom is -0.392 e. The highest BCUT2D eigenvalue weighted by molar-refractivity contribution is 5.74. The third kappa shape index (κ3) is 4.80. The van der Waals surface area contributed by atoms with Gasteiger partial charge in [-0.1, -0.05) is 50.2 Å². The highest BCUT2D eigenvalue weighted by Gasteiger charge is 2.21. The van der Waals surface area contributed by atoms with Crippen molar-refractivity contribution >= 4 is 6.03 Å². The van der Waals surface area contributed by atoms with Crippen molar-refractivity contribution in [3.05, 3.63) is 71.0 Å². The zero-order valence-corrected chi connectivity index (χ0v) is 14.0. The van der Waals surface area contributed by atoms with Crippen molar-refractivity contribution in [1.82, 2.24) is 10.6 Å². The van der Waals surface area contributed by atoms with Gasteiger partial charge in [0.2, 0.25) is 0 Å². The summed E-state index contributed by atoms with van der Waals surface area (Å²) in [5.74, 6) is -0.286. The van der Waals surface area contributed by atoms with E-state index in [0.29, 0.717) is 13.1 Å². The number of aliphatic hydroxyl groups is 1. The molecule has 0 spiro atoms. The molecule has 4 nitrogen and oxygen atoms in total. The summed E-state index contributed by atoms with van der Waals surface area (Å²) >= 11 is 0. The molecule has 2 aromatic rings. The van der Waals surface area contributed by atoms with Gasteiger partial charge in [-0.3, -0.25) is 0 Å². The van der Waals surface area contributed by atoms with Gasteiger partial charge < -0.3 is 15.7 Å². The first-order valence-corrected chi connectivity index (χ1v) is 7.88. The Bertz CT molecular complexity index is 701. The van der Waals surface area contributed by atoms with Crippen LogP contribution < -0.4 is 10.6 Å². The van der Waals surface area contributed by atoms with Gasteiger partial charge in [0.25, 0.3) is 0 Å². The van der Waals surface area contributed by atoms with Gasteiger partial charge in [0.15, 0.2) is 0 Å². The fraction of sp³-hybridized carbons (Fsp3) is 0.316. The van der Waals surface area contributed by atoms with Gasteiger partial charge in [-0.25, -0.2) is 9.18 Å². The lowest BCUT2D eigenvalue weighted by Crippen LogP contribution is -2.42. The largest absolute Gasteiger partial charge is 0.392 e. The Hall–Kier alpha value is -2.40. The van der Waals surface area contributed by atoms with E-state index >= 15 is 0 Å². The smallest absolute Gasteiger partial charge is 0.315 e. The quantitative estimate of drug-likeness (QED) is 0.762. The fourth-order valence-electron chi connectivity index (χ4n) is 2.43. The van der Waals surface area contributed by atoms with E-state index < -0.39 is 0 Å². The van der Waals surface area contributed by atoms with Crippen LogP contribution in [0.2, 0.25) is 0 Å². The van der Waals surface area contributed by atoms with Gasteiger partial charge in [-0.05, 0) is 28.8 Å². The molecule has 0 bridgehead atoms. The molecule has 0 unspecified atom stereocenters. The first-order valence-electron chi connectivity index (χ1n) is 7.88. The van der Waals surface area contributed by atoms with Crippen molar-refractivity contribution in [1.29, 1.82) is 0 Å². The second kappa shape index (κ2) is 7.93.